The minimum absolute atomic E-state index is 0.313. The summed E-state index contributed by atoms with van der Waals surface area (Å²) in [6, 6.07) is -0.820. The van der Waals surface area contributed by atoms with Crippen molar-refractivity contribution in [1.82, 2.24) is 0 Å². The third-order valence-corrected chi connectivity index (χ3v) is 2.36. The van der Waals surface area contributed by atoms with E-state index in [0.29, 0.717) is 19.6 Å². The molecule has 0 aromatic carbocycles. The van der Waals surface area contributed by atoms with Crippen LogP contribution in [-0.2, 0) is 14.3 Å². The third-order valence-electron chi connectivity index (χ3n) is 2.36. The lowest BCUT2D eigenvalue weighted by Gasteiger charge is -2.30. The molecule has 2 unspecified atom stereocenters. The Kier molecular flexibility index (Phi) is 3.38. The van der Waals surface area contributed by atoms with Crippen LogP contribution in [0.5, 0.6) is 0 Å². The highest BCUT2D eigenvalue weighted by atomic mass is 16.6. The summed E-state index contributed by atoms with van der Waals surface area (Å²) in [6.07, 6.45) is 0.591. The van der Waals surface area contributed by atoms with Gasteiger partial charge in [-0.05, 0) is 27.2 Å². The summed E-state index contributed by atoms with van der Waals surface area (Å²) >= 11 is 0. The standard InChI is InChI=1S/C10H20N2O3/c1-9(2,3)15-8(13)7(11)10(12)4-5-14-6-10/h7H,4-6,11-12H2,1-3H3. The summed E-state index contributed by atoms with van der Waals surface area (Å²) in [7, 11) is 0. The summed E-state index contributed by atoms with van der Waals surface area (Å²) in [5.41, 5.74) is 10.4. The molecule has 0 saturated carbocycles. The Morgan fingerprint density at radius 1 is 1.53 bits per heavy atom. The van der Waals surface area contributed by atoms with Gasteiger partial charge in [-0.3, -0.25) is 4.79 Å². The van der Waals surface area contributed by atoms with Gasteiger partial charge in [0.15, 0.2) is 0 Å². The van der Waals surface area contributed by atoms with Crippen molar-refractivity contribution in [1.29, 1.82) is 0 Å². The first kappa shape index (κ1) is 12.4. The average molecular weight is 216 g/mol. The molecule has 15 heavy (non-hydrogen) atoms. The predicted molar refractivity (Wildman–Crippen MR) is 56.2 cm³/mol. The molecule has 1 fully saturated rings. The first-order valence-electron chi connectivity index (χ1n) is 5.10. The van der Waals surface area contributed by atoms with Crippen LogP contribution in [0.25, 0.3) is 0 Å². The number of hydrogen-bond acceptors (Lipinski definition) is 5. The Labute approximate surface area is 90.1 Å². The van der Waals surface area contributed by atoms with Crippen molar-refractivity contribution in [3.05, 3.63) is 0 Å². The summed E-state index contributed by atoms with van der Waals surface area (Å²) < 4.78 is 10.3. The van der Waals surface area contributed by atoms with E-state index in [9.17, 15) is 4.79 Å². The van der Waals surface area contributed by atoms with E-state index < -0.39 is 23.2 Å². The number of carbonyl (C=O) groups is 1. The molecule has 1 aliphatic heterocycles. The summed E-state index contributed by atoms with van der Waals surface area (Å²) in [5, 5.41) is 0. The molecule has 5 nitrogen and oxygen atoms in total. The molecule has 0 aliphatic carbocycles. The van der Waals surface area contributed by atoms with Crippen molar-refractivity contribution < 1.29 is 14.3 Å². The number of rotatable bonds is 2. The van der Waals surface area contributed by atoms with Gasteiger partial charge in [-0.15, -0.1) is 0 Å². The van der Waals surface area contributed by atoms with Crippen LogP contribution in [0, 0.1) is 0 Å². The fourth-order valence-corrected chi connectivity index (χ4v) is 1.44. The minimum Gasteiger partial charge on any atom is -0.459 e. The van der Waals surface area contributed by atoms with Gasteiger partial charge >= 0.3 is 5.97 Å². The molecule has 1 rings (SSSR count). The van der Waals surface area contributed by atoms with E-state index in [0.717, 1.165) is 0 Å². The Hall–Kier alpha value is -0.650. The fraction of sp³-hybridized carbons (Fsp3) is 0.900. The van der Waals surface area contributed by atoms with E-state index in [1.54, 1.807) is 20.8 Å². The number of hydrogen-bond donors (Lipinski definition) is 2. The van der Waals surface area contributed by atoms with Gasteiger partial charge in [0, 0.05) is 6.61 Å². The molecule has 2 atom stereocenters. The highest BCUT2D eigenvalue weighted by Gasteiger charge is 2.42. The van der Waals surface area contributed by atoms with E-state index in [4.69, 9.17) is 20.9 Å². The Balaban J connectivity index is 2.60. The maximum absolute atomic E-state index is 11.7. The molecule has 1 saturated heterocycles. The first-order chi connectivity index (χ1) is 6.75. The largest absolute Gasteiger partial charge is 0.459 e. The van der Waals surface area contributed by atoms with Gasteiger partial charge in [-0.2, -0.15) is 0 Å². The Morgan fingerprint density at radius 2 is 2.13 bits per heavy atom. The molecule has 1 heterocycles. The van der Waals surface area contributed by atoms with Gasteiger partial charge < -0.3 is 20.9 Å². The summed E-state index contributed by atoms with van der Waals surface area (Å²) in [5.74, 6) is -0.462. The van der Waals surface area contributed by atoms with Crippen LogP contribution in [0.4, 0.5) is 0 Å². The Bertz CT molecular complexity index is 242. The molecule has 0 aromatic heterocycles. The highest BCUT2D eigenvalue weighted by Crippen LogP contribution is 2.20. The second kappa shape index (κ2) is 4.08. The van der Waals surface area contributed by atoms with Crippen molar-refractivity contribution in [3.63, 3.8) is 0 Å². The van der Waals surface area contributed by atoms with Crippen LogP contribution in [0.3, 0.4) is 0 Å². The lowest BCUT2D eigenvalue weighted by molar-refractivity contribution is -0.158. The zero-order valence-electron chi connectivity index (χ0n) is 9.58. The van der Waals surface area contributed by atoms with Crippen LogP contribution in [0.1, 0.15) is 27.2 Å². The monoisotopic (exact) mass is 216 g/mol. The van der Waals surface area contributed by atoms with Gasteiger partial charge in [-0.25, -0.2) is 0 Å². The normalized spacial score (nSPS) is 28.9. The SMILES string of the molecule is CC(C)(C)OC(=O)C(N)C1(N)CCOC1. The second-order valence-electron chi connectivity index (χ2n) is 5.05. The van der Waals surface area contributed by atoms with Crippen molar-refractivity contribution in [2.75, 3.05) is 13.2 Å². The number of nitrogens with two attached hydrogens (primary N) is 2. The molecular formula is C10H20N2O3. The number of esters is 1. The molecular weight excluding hydrogens is 196 g/mol. The van der Waals surface area contributed by atoms with Crippen molar-refractivity contribution in [2.45, 2.75) is 44.4 Å². The van der Waals surface area contributed by atoms with E-state index in [-0.39, 0.29) is 0 Å². The van der Waals surface area contributed by atoms with Crippen molar-refractivity contribution >= 4 is 5.97 Å². The van der Waals surface area contributed by atoms with Crippen molar-refractivity contribution in [3.8, 4) is 0 Å². The van der Waals surface area contributed by atoms with Crippen LogP contribution < -0.4 is 11.5 Å². The molecule has 0 bridgehead atoms. The van der Waals surface area contributed by atoms with Gasteiger partial charge in [-0.1, -0.05) is 0 Å². The van der Waals surface area contributed by atoms with Gasteiger partial charge in [0.2, 0.25) is 0 Å². The predicted octanol–water partition coefficient (Wildman–Crippen LogP) is -0.227. The lowest BCUT2D eigenvalue weighted by atomic mass is 9.91. The van der Waals surface area contributed by atoms with Gasteiger partial charge in [0.05, 0.1) is 12.1 Å². The average Bonchev–Trinajstić information content (AvgIpc) is 2.49. The number of carbonyl (C=O) groups excluding carboxylic acids is 1. The topological polar surface area (TPSA) is 87.6 Å². The maximum Gasteiger partial charge on any atom is 0.325 e. The van der Waals surface area contributed by atoms with Gasteiger partial charge in [0.1, 0.15) is 11.6 Å². The van der Waals surface area contributed by atoms with E-state index >= 15 is 0 Å². The van der Waals surface area contributed by atoms with E-state index in [1.807, 2.05) is 0 Å². The molecule has 5 heteroatoms. The lowest BCUT2D eigenvalue weighted by Crippen LogP contribution is -2.60. The quantitative estimate of drug-likeness (QED) is 0.623. The third kappa shape index (κ3) is 3.15. The van der Waals surface area contributed by atoms with Gasteiger partial charge in [0.25, 0.3) is 0 Å². The fourth-order valence-electron chi connectivity index (χ4n) is 1.44. The van der Waals surface area contributed by atoms with E-state index in [1.165, 1.54) is 0 Å². The first-order valence-corrected chi connectivity index (χ1v) is 5.10. The molecule has 0 aromatic rings. The zero-order chi connectivity index (χ0) is 11.7. The highest BCUT2D eigenvalue weighted by molar-refractivity contribution is 5.77. The summed E-state index contributed by atoms with van der Waals surface area (Å²) in [6.45, 7) is 6.25. The minimum atomic E-state index is -0.820. The smallest absolute Gasteiger partial charge is 0.325 e. The second-order valence-corrected chi connectivity index (χ2v) is 5.05. The zero-order valence-corrected chi connectivity index (χ0v) is 9.58. The van der Waals surface area contributed by atoms with Crippen LogP contribution in [0.2, 0.25) is 0 Å². The Morgan fingerprint density at radius 3 is 2.53 bits per heavy atom. The number of ether oxygens (including phenoxy) is 2. The molecule has 4 N–H and O–H groups in total. The molecule has 88 valence electrons. The maximum atomic E-state index is 11.7. The van der Waals surface area contributed by atoms with Crippen LogP contribution in [-0.4, -0.2) is 36.4 Å². The molecule has 0 spiro atoms. The molecule has 0 radical (unpaired) electrons. The summed E-state index contributed by atoms with van der Waals surface area (Å²) in [4.78, 5) is 11.7. The molecule has 0 amide bonds. The van der Waals surface area contributed by atoms with E-state index in [2.05, 4.69) is 0 Å². The van der Waals surface area contributed by atoms with Crippen LogP contribution >= 0.6 is 0 Å². The van der Waals surface area contributed by atoms with Crippen LogP contribution in [0.15, 0.2) is 0 Å². The molecule has 1 aliphatic rings. The van der Waals surface area contributed by atoms with Crippen molar-refractivity contribution in [2.24, 2.45) is 11.5 Å².